The summed E-state index contributed by atoms with van der Waals surface area (Å²) in [4.78, 5) is 12.3. The third kappa shape index (κ3) is 2.51. The van der Waals surface area contributed by atoms with E-state index in [2.05, 4.69) is 24.6 Å². The van der Waals surface area contributed by atoms with E-state index in [9.17, 15) is 10.1 Å². The molecule has 3 nitrogen and oxygen atoms in total. The molecule has 0 aromatic heterocycles. The predicted molar refractivity (Wildman–Crippen MR) is 74.1 cm³/mol. The van der Waals surface area contributed by atoms with Gasteiger partial charge in [-0.25, -0.2) is 0 Å². The Morgan fingerprint density at radius 3 is 2.61 bits per heavy atom. The summed E-state index contributed by atoms with van der Waals surface area (Å²) in [5.41, 5.74) is -0.722. The molecule has 0 aliphatic heterocycles. The van der Waals surface area contributed by atoms with Crippen LogP contribution in [0.5, 0.6) is 0 Å². The van der Waals surface area contributed by atoms with E-state index in [1.807, 2.05) is 11.8 Å². The van der Waals surface area contributed by atoms with Crippen LogP contribution in [0.15, 0.2) is 0 Å². The van der Waals surface area contributed by atoms with Crippen molar-refractivity contribution in [2.45, 2.75) is 56.7 Å². The molecule has 0 spiro atoms. The van der Waals surface area contributed by atoms with Gasteiger partial charge < -0.3 is 5.32 Å². The van der Waals surface area contributed by atoms with Gasteiger partial charge in [-0.2, -0.15) is 17.0 Å². The normalized spacial score (nSPS) is 39.5. The van der Waals surface area contributed by atoms with E-state index in [-0.39, 0.29) is 11.9 Å². The van der Waals surface area contributed by atoms with Crippen LogP contribution >= 0.6 is 11.8 Å². The van der Waals surface area contributed by atoms with Gasteiger partial charge in [-0.15, -0.1) is 0 Å². The highest BCUT2D eigenvalue weighted by molar-refractivity contribution is 7.99. The maximum Gasteiger partial charge on any atom is 0.240 e. The molecule has 1 N–H and O–H groups in total. The van der Waals surface area contributed by atoms with Crippen LogP contribution in [0.25, 0.3) is 0 Å². The fourth-order valence-electron chi connectivity index (χ4n) is 3.31. The average molecular weight is 266 g/mol. The first-order valence-electron chi connectivity index (χ1n) is 6.86. The molecular weight excluding hydrogens is 244 g/mol. The topological polar surface area (TPSA) is 52.9 Å². The zero-order valence-corrected chi connectivity index (χ0v) is 12.1. The highest BCUT2D eigenvalue weighted by Crippen LogP contribution is 2.45. The number of hydrogen-bond donors (Lipinski definition) is 1. The first kappa shape index (κ1) is 13.7. The minimum atomic E-state index is -0.722. The number of nitriles is 1. The molecule has 0 heterocycles. The van der Waals surface area contributed by atoms with Crippen LogP contribution in [-0.4, -0.2) is 23.5 Å². The van der Waals surface area contributed by atoms with Crippen molar-refractivity contribution in [1.82, 2.24) is 5.32 Å². The van der Waals surface area contributed by atoms with E-state index in [4.69, 9.17) is 0 Å². The van der Waals surface area contributed by atoms with Gasteiger partial charge in [-0.05, 0) is 37.9 Å². The molecule has 1 amide bonds. The second kappa shape index (κ2) is 5.52. The van der Waals surface area contributed by atoms with Crippen LogP contribution in [0, 0.1) is 22.7 Å². The van der Waals surface area contributed by atoms with E-state index >= 15 is 0 Å². The summed E-state index contributed by atoms with van der Waals surface area (Å²) in [6.07, 6.45) is 8.27. The lowest BCUT2D eigenvalue weighted by Crippen LogP contribution is -2.53. The fourth-order valence-corrected chi connectivity index (χ4v) is 4.24. The maximum atomic E-state index is 12.3. The Kier molecular flexibility index (Phi) is 4.21. The van der Waals surface area contributed by atoms with Crippen molar-refractivity contribution in [3.05, 3.63) is 0 Å². The zero-order valence-electron chi connectivity index (χ0n) is 11.2. The molecule has 0 bridgehead atoms. The lowest BCUT2D eigenvalue weighted by Gasteiger charge is -2.41. The molecule has 0 aromatic rings. The highest BCUT2D eigenvalue weighted by atomic mass is 32.2. The molecule has 2 fully saturated rings. The quantitative estimate of drug-likeness (QED) is 0.854. The van der Waals surface area contributed by atoms with Gasteiger partial charge in [0.1, 0.15) is 5.41 Å². The van der Waals surface area contributed by atoms with E-state index in [0.717, 1.165) is 19.3 Å². The second-order valence-electron chi connectivity index (χ2n) is 5.85. The van der Waals surface area contributed by atoms with E-state index in [0.29, 0.717) is 11.2 Å². The Morgan fingerprint density at radius 1 is 1.39 bits per heavy atom. The lowest BCUT2D eigenvalue weighted by molar-refractivity contribution is -0.134. The summed E-state index contributed by atoms with van der Waals surface area (Å²) >= 11 is 1.84. The first-order chi connectivity index (χ1) is 8.61. The monoisotopic (exact) mass is 266 g/mol. The average Bonchev–Trinajstić information content (AvgIpc) is 2.35. The van der Waals surface area contributed by atoms with Crippen LogP contribution in [0.2, 0.25) is 0 Å². The largest absolute Gasteiger partial charge is 0.351 e. The maximum absolute atomic E-state index is 12.3. The highest BCUT2D eigenvalue weighted by Gasteiger charge is 2.49. The summed E-state index contributed by atoms with van der Waals surface area (Å²) in [5, 5.41) is 12.9. The molecule has 18 heavy (non-hydrogen) atoms. The molecule has 2 unspecified atom stereocenters. The standard InChI is InChI=1S/C14H22N2OS/c1-10-7-14(8-10,9-15)13(17)16-11-5-3-4-6-12(11)18-2/h10-12H,3-8H2,1-2H3,(H,16,17). The van der Waals surface area contributed by atoms with Crippen molar-refractivity contribution in [1.29, 1.82) is 5.26 Å². The van der Waals surface area contributed by atoms with Crippen molar-refractivity contribution >= 4 is 17.7 Å². The van der Waals surface area contributed by atoms with Crippen molar-refractivity contribution in [2.24, 2.45) is 11.3 Å². The Bertz CT molecular complexity index is 357. The van der Waals surface area contributed by atoms with Gasteiger partial charge in [0.15, 0.2) is 0 Å². The smallest absolute Gasteiger partial charge is 0.240 e. The predicted octanol–water partition coefficient (Wildman–Crippen LogP) is 2.72. The molecule has 2 rings (SSSR count). The summed E-state index contributed by atoms with van der Waals surface area (Å²) in [7, 11) is 0. The number of rotatable bonds is 3. The first-order valence-corrected chi connectivity index (χ1v) is 8.15. The second-order valence-corrected chi connectivity index (χ2v) is 6.92. The van der Waals surface area contributed by atoms with Gasteiger partial charge in [0.2, 0.25) is 5.91 Å². The van der Waals surface area contributed by atoms with Gasteiger partial charge in [-0.3, -0.25) is 4.79 Å². The van der Waals surface area contributed by atoms with E-state index in [1.165, 1.54) is 19.3 Å². The molecule has 2 atom stereocenters. The molecule has 2 saturated carbocycles. The van der Waals surface area contributed by atoms with Gasteiger partial charge in [0, 0.05) is 11.3 Å². The Balaban J connectivity index is 1.96. The zero-order chi connectivity index (χ0) is 13.2. The van der Waals surface area contributed by atoms with Gasteiger partial charge in [0.05, 0.1) is 6.07 Å². The molecule has 100 valence electrons. The third-order valence-electron chi connectivity index (χ3n) is 4.36. The number of nitrogens with zero attached hydrogens (tertiary/aromatic N) is 1. The van der Waals surface area contributed by atoms with Crippen LogP contribution in [0.3, 0.4) is 0 Å². The molecule has 2 aliphatic rings. The molecular formula is C14H22N2OS. The van der Waals surface area contributed by atoms with Crippen molar-refractivity contribution < 1.29 is 4.79 Å². The SMILES string of the molecule is CSC1CCCCC1NC(=O)C1(C#N)CC(C)C1. The van der Waals surface area contributed by atoms with Gasteiger partial charge in [-0.1, -0.05) is 19.8 Å². The minimum absolute atomic E-state index is 0.0194. The van der Waals surface area contributed by atoms with Gasteiger partial charge in [0.25, 0.3) is 0 Å². The van der Waals surface area contributed by atoms with Crippen molar-refractivity contribution in [3.8, 4) is 6.07 Å². The summed E-state index contributed by atoms with van der Waals surface area (Å²) in [6, 6.07) is 2.51. The number of carbonyl (C=O) groups is 1. The van der Waals surface area contributed by atoms with Crippen LogP contribution < -0.4 is 5.32 Å². The molecule has 0 aromatic carbocycles. The number of hydrogen-bond acceptors (Lipinski definition) is 3. The molecule has 0 saturated heterocycles. The summed E-state index contributed by atoms with van der Waals surface area (Å²) < 4.78 is 0. The lowest BCUT2D eigenvalue weighted by atomic mass is 9.63. The number of amides is 1. The molecule has 2 aliphatic carbocycles. The van der Waals surface area contributed by atoms with E-state index in [1.54, 1.807) is 0 Å². The Hall–Kier alpha value is -0.690. The van der Waals surface area contributed by atoms with Crippen molar-refractivity contribution in [3.63, 3.8) is 0 Å². The fraction of sp³-hybridized carbons (Fsp3) is 0.857. The van der Waals surface area contributed by atoms with E-state index < -0.39 is 5.41 Å². The summed E-state index contributed by atoms with van der Waals surface area (Å²) in [6.45, 7) is 2.11. The molecule has 4 heteroatoms. The summed E-state index contributed by atoms with van der Waals surface area (Å²) in [5.74, 6) is 0.493. The van der Waals surface area contributed by atoms with Crippen LogP contribution in [0.4, 0.5) is 0 Å². The van der Waals surface area contributed by atoms with Crippen molar-refractivity contribution in [2.75, 3.05) is 6.26 Å². The Morgan fingerprint density at radius 2 is 2.06 bits per heavy atom. The van der Waals surface area contributed by atoms with Crippen LogP contribution in [-0.2, 0) is 4.79 Å². The molecule has 0 radical (unpaired) electrons. The Labute approximate surface area is 114 Å². The number of nitrogens with one attached hydrogen (secondary N) is 1. The van der Waals surface area contributed by atoms with Gasteiger partial charge >= 0.3 is 0 Å². The number of thioether (sulfide) groups is 1. The minimum Gasteiger partial charge on any atom is -0.351 e. The third-order valence-corrected chi connectivity index (χ3v) is 5.53. The number of carbonyl (C=O) groups excluding carboxylic acids is 1. The van der Waals surface area contributed by atoms with Crippen LogP contribution in [0.1, 0.15) is 45.4 Å².